The Kier molecular flexibility index (Phi) is 8.51. The van der Waals surface area contributed by atoms with Crippen molar-refractivity contribution in [1.29, 1.82) is 0 Å². The van der Waals surface area contributed by atoms with E-state index in [1.54, 1.807) is 0 Å². The van der Waals surface area contributed by atoms with Crippen molar-refractivity contribution in [3.8, 4) is 0 Å². The lowest BCUT2D eigenvalue weighted by Gasteiger charge is -2.25. The number of benzene rings is 1. The van der Waals surface area contributed by atoms with Crippen molar-refractivity contribution in [2.24, 2.45) is 4.99 Å². The monoisotopic (exact) mass is 408 g/mol. The standard InChI is InChI=1S/C24H36N6/c1-20(29(3)19-21-9-5-4-6-10-21)13-14-26-24(25-2)28-18-22-11-12-23(27-17-22)30-15-7-8-16-30/h4-6,9-12,17,20H,7-8,13-16,18-19H2,1-3H3,(H2,25,26,28). The van der Waals surface area contributed by atoms with Gasteiger partial charge >= 0.3 is 0 Å². The summed E-state index contributed by atoms with van der Waals surface area (Å²) >= 11 is 0. The molecule has 162 valence electrons. The number of pyridine rings is 1. The zero-order valence-electron chi connectivity index (χ0n) is 18.6. The highest BCUT2D eigenvalue weighted by atomic mass is 15.2. The molecule has 6 nitrogen and oxygen atoms in total. The van der Waals surface area contributed by atoms with Crippen molar-refractivity contribution in [1.82, 2.24) is 20.5 Å². The topological polar surface area (TPSA) is 55.8 Å². The fraction of sp³-hybridized carbons (Fsp3) is 0.500. The smallest absolute Gasteiger partial charge is 0.191 e. The predicted molar refractivity (Wildman–Crippen MR) is 126 cm³/mol. The van der Waals surface area contributed by atoms with Crippen molar-refractivity contribution in [3.63, 3.8) is 0 Å². The molecule has 6 heteroatoms. The van der Waals surface area contributed by atoms with Crippen molar-refractivity contribution >= 4 is 11.8 Å². The fourth-order valence-electron chi connectivity index (χ4n) is 3.71. The first kappa shape index (κ1) is 22.1. The van der Waals surface area contributed by atoms with E-state index in [-0.39, 0.29) is 0 Å². The number of guanidine groups is 1. The van der Waals surface area contributed by atoms with Crippen LogP contribution in [-0.4, -0.2) is 55.6 Å². The highest BCUT2D eigenvalue weighted by Gasteiger charge is 2.13. The molecular weight excluding hydrogens is 372 g/mol. The molecule has 2 N–H and O–H groups in total. The van der Waals surface area contributed by atoms with E-state index in [1.165, 1.54) is 18.4 Å². The van der Waals surface area contributed by atoms with Gasteiger partial charge in [-0.1, -0.05) is 36.4 Å². The summed E-state index contributed by atoms with van der Waals surface area (Å²) in [6.07, 6.45) is 5.56. The Morgan fingerprint density at radius 1 is 1.10 bits per heavy atom. The van der Waals surface area contributed by atoms with Gasteiger partial charge in [-0.15, -0.1) is 0 Å². The number of anilines is 1. The van der Waals surface area contributed by atoms with E-state index < -0.39 is 0 Å². The molecule has 1 atom stereocenters. The second kappa shape index (κ2) is 11.6. The molecule has 1 aromatic carbocycles. The van der Waals surface area contributed by atoms with Crippen LogP contribution in [0.25, 0.3) is 0 Å². The highest BCUT2D eigenvalue weighted by molar-refractivity contribution is 5.79. The van der Waals surface area contributed by atoms with E-state index in [1.807, 2.05) is 13.2 Å². The molecular formula is C24H36N6. The molecule has 0 saturated carbocycles. The number of aliphatic imine (C=N–C) groups is 1. The summed E-state index contributed by atoms with van der Waals surface area (Å²) in [6, 6.07) is 15.4. The van der Waals surface area contributed by atoms with E-state index in [0.29, 0.717) is 6.04 Å². The quantitative estimate of drug-likeness (QED) is 0.493. The minimum absolute atomic E-state index is 0.484. The lowest BCUT2D eigenvalue weighted by atomic mass is 10.1. The van der Waals surface area contributed by atoms with Crippen molar-refractivity contribution < 1.29 is 0 Å². The summed E-state index contributed by atoms with van der Waals surface area (Å²) in [5.74, 6) is 1.92. The summed E-state index contributed by atoms with van der Waals surface area (Å²) in [5, 5.41) is 6.82. The minimum atomic E-state index is 0.484. The van der Waals surface area contributed by atoms with Crippen LogP contribution >= 0.6 is 0 Å². The molecule has 0 radical (unpaired) electrons. The van der Waals surface area contributed by atoms with Crippen LogP contribution in [0.15, 0.2) is 53.7 Å². The van der Waals surface area contributed by atoms with Gasteiger partial charge in [0.05, 0.1) is 0 Å². The number of hydrogen-bond donors (Lipinski definition) is 2. The number of nitrogens with zero attached hydrogens (tertiary/aromatic N) is 4. The fourth-order valence-corrected chi connectivity index (χ4v) is 3.71. The maximum atomic E-state index is 4.62. The van der Waals surface area contributed by atoms with Gasteiger partial charge in [-0.05, 0) is 50.4 Å². The Labute approximate surface area is 181 Å². The second-order valence-electron chi connectivity index (χ2n) is 8.11. The zero-order valence-corrected chi connectivity index (χ0v) is 18.6. The largest absolute Gasteiger partial charge is 0.357 e. The summed E-state index contributed by atoms with van der Waals surface area (Å²) in [5.41, 5.74) is 2.51. The molecule has 1 saturated heterocycles. The van der Waals surface area contributed by atoms with Crippen LogP contribution in [0.2, 0.25) is 0 Å². The molecule has 0 amide bonds. The first-order chi connectivity index (χ1) is 14.7. The zero-order chi connectivity index (χ0) is 21.2. The Morgan fingerprint density at radius 2 is 1.87 bits per heavy atom. The lowest BCUT2D eigenvalue weighted by molar-refractivity contribution is 0.238. The summed E-state index contributed by atoms with van der Waals surface area (Å²) in [7, 11) is 4.00. The van der Waals surface area contributed by atoms with Gasteiger partial charge in [0.25, 0.3) is 0 Å². The number of hydrogen-bond acceptors (Lipinski definition) is 4. The Morgan fingerprint density at radius 3 is 2.53 bits per heavy atom. The molecule has 1 unspecified atom stereocenters. The van der Waals surface area contributed by atoms with Gasteiger partial charge in [-0.3, -0.25) is 9.89 Å². The van der Waals surface area contributed by atoms with E-state index in [2.05, 4.69) is 86.8 Å². The van der Waals surface area contributed by atoms with Gasteiger partial charge in [0.2, 0.25) is 0 Å². The van der Waals surface area contributed by atoms with Gasteiger partial charge in [0.1, 0.15) is 5.82 Å². The van der Waals surface area contributed by atoms with E-state index in [9.17, 15) is 0 Å². The third-order valence-electron chi connectivity index (χ3n) is 5.80. The van der Waals surface area contributed by atoms with Gasteiger partial charge in [0.15, 0.2) is 5.96 Å². The van der Waals surface area contributed by atoms with Crippen LogP contribution in [0.4, 0.5) is 5.82 Å². The predicted octanol–water partition coefficient (Wildman–Crippen LogP) is 3.26. The van der Waals surface area contributed by atoms with Crippen LogP contribution in [0.1, 0.15) is 37.3 Å². The maximum Gasteiger partial charge on any atom is 0.191 e. The van der Waals surface area contributed by atoms with Crippen molar-refractivity contribution in [2.45, 2.75) is 45.3 Å². The van der Waals surface area contributed by atoms with Gasteiger partial charge in [-0.25, -0.2) is 4.98 Å². The Bertz CT molecular complexity index is 768. The minimum Gasteiger partial charge on any atom is -0.357 e. The molecule has 0 bridgehead atoms. The molecule has 30 heavy (non-hydrogen) atoms. The molecule has 0 spiro atoms. The third kappa shape index (κ3) is 6.73. The van der Waals surface area contributed by atoms with Crippen LogP contribution in [0, 0.1) is 0 Å². The van der Waals surface area contributed by atoms with Gasteiger partial charge < -0.3 is 15.5 Å². The Hall–Kier alpha value is -2.60. The molecule has 1 aromatic heterocycles. The molecule has 1 fully saturated rings. The van der Waals surface area contributed by atoms with Crippen LogP contribution in [-0.2, 0) is 13.1 Å². The molecule has 0 aliphatic carbocycles. The first-order valence-electron chi connectivity index (χ1n) is 11.0. The lowest BCUT2D eigenvalue weighted by Crippen LogP contribution is -2.39. The molecule has 1 aliphatic heterocycles. The summed E-state index contributed by atoms with van der Waals surface area (Å²) < 4.78 is 0. The normalized spacial score (nSPS) is 15.5. The summed E-state index contributed by atoms with van der Waals surface area (Å²) in [6.45, 7) is 7.09. The third-order valence-corrected chi connectivity index (χ3v) is 5.80. The average molecular weight is 409 g/mol. The second-order valence-corrected chi connectivity index (χ2v) is 8.11. The van der Waals surface area contributed by atoms with Crippen molar-refractivity contribution in [3.05, 3.63) is 59.8 Å². The SMILES string of the molecule is CN=C(NCCC(C)N(C)Cc1ccccc1)NCc1ccc(N2CCCC2)nc1. The number of nitrogens with one attached hydrogen (secondary N) is 2. The maximum absolute atomic E-state index is 4.62. The molecule has 2 heterocycles. The van der Waals surface area contributed by atoms with E-state index in [4.69, 9.17) is 0 Å². The van der Waals surface area contributed by atoms with Gasteiger partial charge in [0, 0.05) is 52.0 Å². The molecule has 1 aliphatic rings. The van der Waals surface area contributed by atoms with Gasteiger partial charge in [-0.2, -0.15) is 0 Å². The van der Waals surface area contributed by atoms with Crippen LogP contribution in [0.5, 0.6) is 0 Å². The first-order valence-corrected chi connectivity index (χ1v) is 11.0. The van der Waals surface area contributed by atoms with E-state index in [0.717, 1.165) is 56.5 Å². The average Bonchev–Trinajstić information content (AvgIpc) is 3.32. The highest BCUT2D eigenvalue weighted by Crippen LogP contribution is 2.17. The summed E-state index contributed by atoms with van der Waals surface area (Å²) in [4.78, 5) is 13.7. The Balaban J connectivity index is 1.37. The van der Waals surface area contributed by atoms with E-state index >= 15 is 0 Å². The van der Waals surface area contributed by atoms with Crippen LogP contribution < -0.4 is 15.5 Å². The van der Waals surface area contributed by atoms with Crippen LogP contribution in [0.3, 0.4) is 0 Å². The molecule has 3 rings (SSSR count). The number of aromatic nitrogens is 1. The number of rotatable bonds is 9. The van der Waals surface area contributed by atoms with Crippen molar-refractivity contribution in [2.75, 3.05) is 38.6 Å². The molecule has 2 aromatic rings.